The van der Waals surface area contributed by atoms with Crippen LogP contribution in [-0.4, -0.2) is 24.3 Å². The van der Waals surface area contributed by atoms with Crippen molar-refractivity contribution < 1.29 is 14.7 Å². The molecule has 3 N–H and O–H groups in total. The molecule has 5 nitrogen and oxygen atoms in total. The number of nitrogens with two attached hydrogens (primary N) is 1. The number of benzene rings is 1. The van der Waals surface area contributed by atoms with Crippen LogP contribution in [0, 0.1) is 0 Å². The molecule has 94 valence electrons. The standard InChI is InChI=1S/C12H18N2O3/c1-2-16-10-5-3-6-11(9-10)17-8-4-7-12(13)14-15/h3,5-6,9,15H,2,4,7-8H2,1H3,(H2,13,14). The zero-order valence-electron chi connectivity index (χ0n) is 9.93. The topological polar surface area (TPSA) is 77.1 Å². The minimum Gasteiger partial charge on any atom is -0.494 e. The monoisotopic (exact) mass is 238 g/mol. The Morgan fingerprint density at radius 2 is 2.06 bits per heavy atom. The summed E-state index contributed by atoms with van der Waals surface area (Å²) >= 11 is 0. The maximum atomic E-state index is 8.35. The van der Waals surface area contributed by atoms with Gasteiger partial charge >= 0.3 is 0 Å². The third-order valence-corrected chi connectivity index (χ3v) is 2.09. The van der Waals surface area contributed by atoms with Crippen LogP contribution < -0.4 is 15.2 Å². The smallest absolute Gasteiger partial charge is 0.139 e. The first-order valence-corrected chi connectivity index (χ1v) is 5.58. The number of rotatable bonds is 7. The van der Waals surface area contributed by atoms with Gasteiger partial charge in [0, 0.05) is 12.5 Å². The van der Waals surface area contributed by atoms with Gasteiger partial charge in [0.1, 0.15) is 17.3 Å². The second-order valence-electron chi connectivity index (χ2n) is 3.45. The highest BCUT2D eigenvalue weighted by Gasteiger charge is 1.98. The van der Waals surface area contributed by atoms with Crippen molar-refractivity contribution in [2.45, 2.75) is 19.8 Å². The second kappa shape index (κ2) is 7.38. The molecule has 0 bridgehead atoms. The third kappa shape index (κ3) is 5.10. The highest BCUT2D eigenvalue weighted by atomic mass is 16.5. The first-order valence-electron chi connectivity index (χ1n) is 5.58. The Labute approximate surface area is 101 Å². The average Bonchev–Trinajstić information content (AvgIpc) is 2.35. The Balaban J connectivity index is 2.33. The number of ether oxygens (including phenoxy) is 2. The quantitative estimate of drug-likeness (QED) is 0.250. The number of oxime groups is 1. The number of hydrogen-bond acceptors (Lipinski definition) is 4. The Kier molecular flexibility index (Phi) is 5.71. The highest BCUT2D eigenvalue weighted by molar-refractivity contribution is 5.79. The minimum absolute atomic E-state index is 0.219. The van der Waals surface area contributed by atoms with Crippen LogP contribution in [0.2, 0.25) is 0 Å². The van der Waals surface area contributed by atoms with Crippen molar-refractivity contribution >= 4 is 5.84 Å². The van der Waals surface area contributed by atoms with E-state index in [4.69, 9.17) is 20.4 Å². The van der Waals surface area contributed by atoms with Crippen LogP contribution in [0.5, 0.6) is 11.5 Å². The van der Waals surface area contributed by atoms with Crippen LogP contribution in [0.4, 0.5) is 0 Å². The fourth-order valence-corrected chi connectivity index (χ4v) is 1.31. The summed E-state index contributed by atoms with van der Waals surface area (Å²) < 4.78 is 10.9. The van der Waals surface area contributed by atoms with E-state index in [9.17, 15) is 0 Å². The van der Waals surface area contributed by atoms with Gasteiger partial charge in [-0.3, -0.25) is 0 Å². The van der Waals surface area contributed by atoms with Crippen LogP contribution in [0.3, 0.4) is 0 Å². The Morgan fingerprint density at radius 1 is 1.35 bits per heavy atom. The molecule has 17 heavy (non-hydrogen) atoms. The number of nitrogens with zero attached hydrogens (tertiary/aromatic N) is 1. The summed E-state index contributed by atoms with van der Waals surface area (Å²) in [6, 6.07) is 7.47. The van der Waals surface area contributed by atoms with E-state index in [0.29, 0.717) is 26.1 Å². The minimum atomic E-state index is 0.219. The molecule has 0 heterocycles. The molecule has 0 radical (unpaired) electrons. The molecule has 0 atom stereocenters. The molecular weight excluding hydrogens is 220 g/mol. The van der Waals surface area contributed by atoms with E-state index in [1.54, 1.807) is 0 Å². The van der Waals surface area contributed by atoms with Gasteiger partial charge in [-0.05, 0) is 25.5 Å². The van der Waals surface area contributed by atoms with Gasteiger partial charge in [0.15, 0.2) is 0 Å². The molecule has 0 amide bonds. The van der Waals surface area contributed by atoms with Gasteiger partial charge in [-0.25, -0.2) is 0 Å². The number of amidine groups is 1. The molecule has 0 saturated heterocycles. The molecule has 0 fully saturated rings. The van der Waals surface area contributed by atoms with Gasteiger partial charge in [0.2, 0.25) is 0 Å². The van der Waals surface area contributed by atoms with Crippen molar-refractivity contribution in [1.82, 2.24) is 0 Å². The van der Waals surface area contributed by atoms with Crippen LogP contribution in [0.25, 0.3) is 0 Å². The molecule has 0 spiro atoms. The number of hydrogen-bond donors (Lipinski definition) is 2. The summed E-state index contributed by atoms with van der Waals surface area (Å²) in [5.41, 5.74) is 5.34. The van der Waals surface area contributed by atoms with Crippen LogP contribution >= 0.6 is 0 Å². The summed E-state index contributed by atoms with van der Waals surface area (Å²) in [6.45, 7) is 3.09. The molecule has 0 unspecified atom stereocenters. The van der Waals surface area contributed by atoms with Crippen LogP contribution in [0.1, 0.15) is 19.8 Å². The van der Waals surface area contributed by atoms with Crippen molar-refractivity contribution in [3.63, 3.8) is 0 Å². The maximum Gasteiger partial charge on any atom is 0.139 e. The lowest BCUT2D eigenvalue weighted by atomic mass is 10.3. The van der Waals surface area contributed by atoms with Crippen LogP contribution in [-0.2, 0) is 0 Å². The summed E-state index contributed by atoms with van der Waals surface area (Å²) in [5, 5.41) is 11.2. The summed E-state index contributed by atoms with van der Waals surface area (Å²) in [6.07, 6.45) is 1.22. The molecule has 1 rings (SSSR count). The van der Waals surface area contributed by atoms with Gasteiger partial charge in [-0.2, -0.15) is 0 Å². The second-order valence-corrected chi connectivity index (χ2v) is 3.45. The lowest BCUT2D eigenvalue weighted by Crippen LogP contribution is -2.12. The molecular formula is C12H18N2O3. The van der Waals surface area contributed by atoms with Gasteiger partial charge in [-0.1, -0.05) is 11.2 Å². The van der Waals surface area contributed by atoms with Crippen molar-refractivity contribution in [3.8, 4) is 11.5 Å². The van der Waals surface area contributed by atoms with E-state index in [1.165, 1.54) is 0 Å². The average molecular weight is 238 g/mol. The predicted molar refractivity (Wildman–Crippen MR) is 65.7 cm³/mol. The fourth-order valence-electron chi connectivity index (χ4n) is 1.31. The summed E-state index contributed by atoms with van der Waals surface area (Å²) in [7, 11) is 0. The van der Waals surface area contributed by atoms with Crippen molar-refractivity contribution in [3.05, 3.63) is 24.3 Å². The first kappa shape index (κ1) is 13.2. The Bertz CT molecular complexity index is 367. The van der Waals surface area contributed by atoms with E-state index < -0.39 is 0 Å². The zero-order valence-corrected chi connectivity index (χ0v) is 9.93. The van der Waals surface area contributed by atoms with Crippen LogP contribution in [0.15, 0.2) is 29.4 Å². The van der Waals surface area contributed by atoms with Crippen molar-refractivity contribution in [2.24, 2.45) is 10.9 Å². The molecule has 1 aromatic carbocycles. The van der Waals surface area contributed by atoms with Gasteiger partial charge in [-0.15, -0.1) is 0 Å². The van der Waals surface area contributed by atoms with Gasteiger partial charge in [0.05, 0.1) is 13.2 Å². The first-order chi connectivity index (χ1) is 8.26. The zero-order chi connectivity index (χ0) is 12.5. The lowest BCUT2D eigenvalue weighted by molar-refractivity contribution is 0.301. The fraction of sp³-hybridized carbons (Fsp3) is 0.417. The van der Waals surface area contributed by atoms with E-state index >= 15 is 0 Å². The molecule has 0 aliphatic rings. The maximum absolute atomic E-state index is 8.35. The molecule has 1 aromatic rings. The van der Waals surface area contributed by atoms with E-state index in [0.717, 1.165) is 11.5 Å². The molecule has 0 saturated carbocycles. The highest BCUT2D eigenvalue weighted by Crippen LogP contribution is 2.19. The Morgan fingerprint density at radius 3 is 2.71 bits per heavy atom. The van der Waals surface area contributed by atoms with Gasteiger partial charge < -0.3 is 20.4 Å². The lowest BCUT2D eigenvalue weighted by Gasteiger charge is -2.08. The molecule has 0 aliphatic carbocycles. The Hall–Kier alpha value is -1.91. The molecule has 5 heteroatoms. The van der Waals surface area contributed by atoms with E-state index in [2.05, 4.69) is 5.16 Å². The van der Waals surface area contributed by atoms with E-state index in [1.807, 2.05) is 31.2 Å². The van der Waals surface area contributed by atoms with E-state index in [-0.39, 0.29) is 5.84 Å². The predicted octanol–water partition coefficient (Wildman–Crippen LogP) is 1.99. The molecule has 0 aliphatic heterocycles. The molecule has 0 aromatic heterocycles. The van der Waals surface area contributed by atoms with Crippen molar-refractivity contribution in [1.29, 1.82) is 0 Å². The third-order valence-electron chi connectivity index (χ3n) is 2.09. The summed E-state index contributed by atoms with van der Waals surface area (Å²) in [5.74, 6) is 1.77. The largest absolute Gasteiger partial charge is 0.494 e. The SMILES string of the molecule is CCOc1cccc(OCCC/C(N)=N/O)c1. The van der Waals surface area contributed by atoms with Gasteiger partial charge in [0.25, 0.3) is 0 Å². The summed E-state index contributed by atoms with van der Waals surface area (Å²) in [4.78, 5) is 0. The van der Waals surface area contributed by atoms with Crippen molar-refractivity contribution in [2.75, 3.05) is 13.2 Å². The normalized spacial score (nSPS) is 11.2.